The summed E-state index contributed by atoms with van der Waals surface area (Å²) in [6, 6.07) is 39.8. The number of aromatic nitrogens is 2. The number of nitrogens with zero attached hydrogens (tertiary/aromatic N) is 4. The highest BCUT2D eigenvalue weighted by atomic mass is 32.2. The molecule has 6 aromatic rings. The van der Waals surface area contributed by atoms with E-state index in [1.807, 2.05) is 74.5 Å². The Hall–Kier alpha value is -6.00. The van der Waals surface area contributed by atoms with Gasteiger partial charge in [-0.2, -0.15) is 8.61 Å². The molecule has 15 heteroatoms. The molecule has 1 unspecified atom stereocenters. The van der Waals surface area contributed by atoms with Gasteiger partial charge < -0.3 is 15.6 Å². The third kappa shape index (κ3) is 11.0. The van der Waals surface area contributed by atoms with Gasteiger partial charge in [-0.05, 0) is 131 Å². The van der Waals surface area contributed by atoms with Crippen molar-refractivity contribution < 1.29 is 30.9 Å². The fraction of sp³-hybridized carbons (Fsp3) is 0.382. The lowest BCUT2D eigenvalue weighted by atomic mass is 9.45. The summed E-state index contributed by atoms with van der Waals surface area (Å²) in [6.45, 7) is 6.51. The average Bonchev–Trinajstić information content (AvgIpc) is 3.79. The van der Waals surface area contributed by atoms with Gasteiger partial charge in [-0.25, -0.2) is 16.8 Å². The Morgan fingerprint density at radius 2 is 1.17 bits per heavy atom. The molecule has 2 amide bonds. The van der Waals surface area contributed by atoms with Crippen molar-refractivity contribution in [1.82, 2.24) is 24.1 Å². The van der Waals surface area contributed by atoms with Gasteiger partial charge in [-0.3, -0.25) is 14.6 Å². The first-order valence-electron chi connectivity index (χ1n) is 24.2. The summed E-state index contributed by atoms with van der Waals surface area (Å²) in [7, 11) is -7.93. The average molecular weight is 985 g/mol. The van der Waals surface area contributed by atoms with Crippen LogP contribution < -0.4 is 11.1 Å². The van der Waals surface area contributed by atoms with Gasteiger partial charge in [-0.1, -0.05) is 107 Å². The van der Waals surface area contributed by atoms with Crippen LogP contribution >= 0.6 is 0 Å². The maximum Gasteiger partial charge on any atom is 0.243 e. The van der Waals surface area contributed by atoms with E-state index in [1.54, 1.807) is 85.9 Å². The van der Waals surface area contributed by atoms with Crippen LogP contribution in [0.25, 0.3) is 0 Å². The molecule has 2 aliphatic carbocycles. The maximum atomic E-state index is 15.7. The Morgan fingerprint density at radius 3 is 1.66 bits per heavy atom. The molecule has 0 spiro atoms. The van der Waals surface area contributed by atoms with Crippen LogP contribution in [0.4, 0.5) is 0 Å². The van der Waals surface area contributed by atoms with Gasteiger partial charge in [0.1, 0.15) is 5.76 Å². The molecule has 0 aliphatic heterocycles. The molecule has 2 fully saturated rings. The van der Waals surface area contributed by atoms with Crippen molar-refractivity contribution in [3.05, 3.63) is 179 Å². The smallest absolute Gasteiger partial charge is 0.243 e. The van der Waals surface area contributed by atoms with Crippen LogP contribution in [-0.4, -0.2) is 60.5 Å². The molecule has 0 bridgehead atoms. The van der Waals surface area contributed by atoms with Crippen molar-refractivity contribution >= 4 is 31.9 Å². The molecule has 368 valence electrons. The van der Waals surface area contributed by atoms with Crippen LogP contribution in [0, 0.1) is 43.4 Å². The van der Waals surface area contributed by atoms with Crippen LogP contribution in [0.15, 0.2) is 154 Å². The summed E-state index contributed by atoms with van der Waals surface area (Å²) in [5, 5.41) is 7.49. The molecular weight excluding hydrogens is 921 g/mol. The molecule has 3 N–H and O–H groups in total. The van der Waals surface area contributed by atoms with Gasteiger partial charge >= 0.3 is 0 Å². The molecule has 0 saturated heterocycles. The molecule has 0 radical (unpaired) electrons. The van der Waals surface area contributed by atoms with Crippen molar-refractivity contribution in [3.63, 3.8) is 0 Å². The van der Waals surface area contributed by atoms with E-state index in [0.717, 1.165) is 22.3 Å². The number of carbonyl (C=O) groups is 2. The minimum atomic E-state index is -3.98. The predicted octanol–water partition coefficient (Wildman–Crippen LogP) is 9.02. The normalized spacial score (nSPS) is 21.3. The van der Waals surface area contributed by atoms with Crippen molar-refractivity contribution in [2.45, 2.75) is 107 Å². The van der Waals surface area contributed by atoms with E-state index in [0.29, 0.717) is 68.5 Å². The van der Waals surface area contributed by atoms with E-state index in [4.69, 9.17) is 10.3 Å². The number of carbonyl (C=O) groups excluding carboxylic acids is 2. The lowest BCUT2D eigenvalue weighted by molar-refractivity contribution is -0.155. The number of aryl methyl sites for hydroxylation is 3. The fourth-order valence-electron chi connectivity index (χ4n) is 11.2. The number of rotatable bonds is 19. The van der Waals surface area contributed by atoms with Crippen molar-refractivity contribution in [2.75, 3.05) is 13.1 Å². The van der Waals surface area contributed by atoms with Gasteiger partial charge in [0.25, 0.3) is 0 Å². The monoisotopic (exact) mass is 984 g/mol. The molecule has 2 aliphatic rings. The summed E-state index contributed by atoms with van der Waals surface area (Å²) in [5.74, 6) is -1.25. The molecule has 1 atom stereocenters. The zero-order chi connectivity index (χ0) is 49.5. The maximum absolute atomic E-state index is 15.7. The second kappa shape index (κ2) is 21.6. The van der Waals surface area contributed by atoms with Gasteiger partial charge in [0.05, 0.1) is 45.6 Å². The highest BCUT2D eigenvalue weighted by molar-refractivity contribution is 7.89. The lowest BCUT2D eigenvalue weighted by Crippen LogP contribution is -2.60. The zero-order valence-corrected chi connectivity index (χ0v) is 41.9. The summed E-state index contributed by atoms with van der Waals surface area (Å²) < 4.78 is 66.0. The third-order valence-electron chi connectivity index (χ3n) is 14.9. The minimum absolute atomic E-state index is 0.00752. The first-order chi connectivity index (χ1) is 33.6. The van der Waals surface area contributed by atoms with E-state index >= 15 is 4.79 Å². The van der Waals surface area contributed by atoms with Gasteiger partial charge in [0.15, 0.2) is 0 Å². The number of hydrogen-bond acceptors (Lipinski definition) is 9. The Kier molecular flexibility index (Phi) is 15.5. The Balaban J connectivity index is 1.16. The molecule has 2 saturated carbocycles. The summed E-state index contributed by atoms with van der Waals surface area (Å²) in [5.41, 5.74) is 9.37. The van der Waals surface area contributed by atoms with E-state index in [-0.39, 0.29) is 60.3 Å². The second-order valence-corrected chi connectivity index (χ2v) is 23.4. The topological polar surface area (TPSA) is 186 Å². The Morgan fingerprint density at radius 1 is 0.671 bits per heavy atom. The number of hydrogen-bond donors (Lipinski definition) is 2. The number of pyridine rings is 1. The second-order valence-electron chi connectivity index (χ2n) is 19.5. The minimum Gasteiger partial charge on any atom is -0.369 e. The number of primary amides is 1. The van der Waals surface area contributed by atoms with E-state index in [2.05, 4.69) is 15.5 Å². The number of nitrogens with one attached hydrogen (secondary N) is 1. The predicted molar refractivity (Wildman–Crippen MR) is 268 cm³/mol. The summed E-state index contributed by atoms with van der Waals surface area (Å²) >= 11 is 0. The van der Waals surface area contributed by atoms with E-state index < -0.39 is 42.7 Å². The molecule has 13 nitrogen and oxygen atoms in total. The molecular formula is C55H64N6O7S2. The number of benzene rings is 4. The molecule has 2 aromatic heterocycles. The quantitative estimate of drug-likeness (QED) is 0.0799. The number of sulfonamides is 2. The highest BCUT2D eigenvalue weighted by Gasteiger charge is 2.62. The number of nitrogens with two attached hydrogens (primary N) is 1. The largest absolute Gasteiger partial charge is 0.369 e. The lowest BCUT2D eigenvalue weighted by Gasteiger charge is -2.58. The third-order valence-corrected chi connectivity index (χ3v) is 18.6. The van der Waals surface area contributed by atoms with Gasteiger partial charge in [-0.15, -0.1) is 0 Å². The Labute approximate surface area is 413 Å². The molecule has 70 heavy (non-hydrogen) atoms. The fourth-order valence-corrected chi connectivity index (χ4v) is 14.2. The first-order valence-corrected chi connectivity index (χ1v) is 27.1. The van der Waals surface area contributed by atoms with Gasteiger partial charge in [0.2, 0.25) is 31.9 Å². The van der Waals surface area contributed by atoms with Crippen molar-refractivity contribution in [2.24, 2.45) is 28.4 Å². The van der Waals surface area contributed by atoms with Crippen molar-refractivity contribution in [1.29, 1.82) is 0 Å². The first kappa shape index (κ1) is 50.4. The van der Waals surface area contributed by atoms with Crippen LogP contribution in [0.3, 0.4) is 0 Å². The van der Waals surface area contributed by atoms with Crippen LogP contribution in [0.1, 0.15) is 96.7 Å². The molecule has 8 rings (SSSR count). The van der Waals surface area contributed by atoms with Crippen LogP contribution in [0.5, 0.6) is 0 Å². The van der Waals surface area contributed by atoms with Crippen LogP contribution in [-0.2, 0) is 49.3 Å². The van der Waals surface area contributed by atoms with Crippen molar-refractivity contribution in [3.8, 4) is 0 Å². The standard InChI is InChI=1S/C55H64N6O7S2/c1-40-17-21-43(22-18-40)35-58-53(63)55(31-27-45(28-32-55)36-60(38-47-12-10-11-33-57-47)69(64,65)49-13-6-4-7-14-49)54(51(52(56)62)46-23-19-41(2)20-24-46)29-25-44(26-30-54)37-61(39-48-34-42(3)68-59-48)70(66,67)50-15-8-5-9-16-50/h4-24,33-34,44-45,51H,25-32,35-39H2,1-3H3,(H2,56,62)(H,58,63). The zero-order valence-electron chi connectivity index (χ0n) is 40.2. The SMILES string of the molecule is Cc1ccc(CNC(=O)C2(C3(C(C(N)=O)c4ccc(C)cc4)CCC(CN(Cc4cc(C)on4)S(=O)(=O)c4ccccc4)CC3)CCC(CN(Cc3ccccn3)S(=O)(=O)c3ccccc3)CC2)cc1. The molecule has 4 aromatic carbocycles. The highest BCUT2D eigenvalue weighted by Crippen LogP contribution is 2.64. The van der Waals surface area contributed by atoms with Gasteiger partial charge in [0, 0.05) is 37.3 Å². The van der Waals surface area contributed by atoms with E-state index in [9.17, 15) is 21.6 Å². The number of amides is 2. The summed E-state index contributed by atoms with van der Waals surface area (Å²) in [4.78, 5) is 34.9. The van der Waals surface area contributed by atoms with E-state index in [1.165, 1.54) is 8.61 Å². The Bertz CT molecular complexity index is 2920. The van der Waals surface area contributed by atoms with Crippen LogP contribution in [0.2, 0.25) is 0 Å². The molecule has 2 heterocycles. The summed E-state index contributed by atoms with van der Waals surface area (Å²) in [6.07, 6.45) is 5.27.